The first-order valence-electron chi connectivity index (χ1n) is 11.1. The molecule has 0 aliphatic carbocycles. The van der Waals surface area contributed by atoms with E-state index in [2.05, 4.69) is 32.6 Å². The van der Waals surface area contributed by atoms with Crippen LogP contribution in [-0.4, -0.2) is 56.2 Å². The number of nitrogens with zero attached hydrogens (tertiary/aromatic N) is 2. The van der Waals surface area contributed by atoms with Gasteiger partial charge in [-0.25, -0.2) is 9.59 Å². The van der Waals surface area contributed by atoms with Gasteiger partial charge in [0, 0.05) is 44.1 Å². The minimum absolute atomic E-state index is 0.278. The highest BCUT2D eigenvalue weighted by Gasteiger charge is 2.34. The van der Waals surface area contributed by atoms with Crippen LogP contribution in [0.15, 0.2) is 65.9 Å². The lowest BCUT2D eigenvalue weighted by molar-refractivity contribution is -0.139. The molecule has 2 aliphatic heterocycles. The van der Waals surface area contributed by atoms with Crippen molar-refractivity contribution >= 4 is 17.7 Å². The van der Waals surface area contributed by atoms with Crippen LogP contribution in [0.3, 0.4) is 0 Å². The SMILES string of the molecule is CCOC(=O)C1=C(CN2CCN(c3ccccc3)CC2)NC(=O)N[C@H]1c1ccc(C)cc1. The Morgan fingerprint density at radius 1 is 1.03 bits per heavy atom. The van der Waals surface area contributed by atoms with Crippen LogP contribution in [0.25, 0.3) is 0 Å². The van der Waals surface area contributed by atoms with Crippen molar-refractivity contribution in [1.29, 1.82) is 0 Å². The number of carbonyl (C=O) groups is 2. The number of carbonyl (C=O) groups excluding carboxylic acids is 2. The zero-order valence-electron chi connectivity index (χ0n) is 18.6. The lowest BCUT2D eigenvalue weighted by Gasteiger charge is -2.38. The number of amides is 2. The molecule has 2 N–H and O–H groups in total. The lowest BCUT2D eigenvalue weighted by atomic mass is 9.94. The average Bonchev–Trinajstić information content (AvgIpc) is 2.80. The fourth-order valence-electron chi connectivity index (χ4n) is 4.23. The number of benzene rings is 2. The smallest absolute Gasteiger partial charge is 0.338 e. The maximum Gasteiger partial charge on any atom is 0.338 e. The second-order valence-corrected chi connectivity index (χ2v) is 8.15. The van der Waals surface area contributed by atoms with Crippen molar-refractivity contribution in [1.82, 2.24) is 15.5 Å². The molecule has 1 fully saturated rings. The molecule has 7 nitrogen and oxygen atoms in total. The Morgan fingerprint density at radius 3 is 2.38 bits per heavy atom. The highest BCUT2D eigenvalue weighted by molar-refractivity contribution is 5.95. The van der Waals surface area contributed by atoms with Gasteiger partial charge in [0.2, 0.25) is 0 Å². The van der Waals surface area contributed by atoms with E-state index >= 15 is 0 Å². The molecule has 0 unspecified atom stereocenters. The number of hydrogen-bond acceptors (Lipinski definition) is 5. The van der Waals surface area contributed by atoms with Gasteiger partial charge in [-0.05, 0) is 31.5 Å². The predicted octanol–water partition coefficient (Wildman–Crippen LogP) is 2.99. The van der Waals surface area contributed by atoms with E-state index in [1.807, 2.05) is 49.4 Å². The minimum atomic E-state index is -0.538. The number of rotatable bonds is 6. The summed E-state index contributed by atoms with van der Waals surface area (Å²) in [5, 5.41) is 5.78. The van der Waals surface area contributed by atoms with E-state index < -0.39 is 12.0 Å². The fraction of sp³-hybridized carbons (Fsp3) is 0.360. The first-order valence-corrected chi connectivity index (χ1v) is 11.1. The molecule has 0 radical (unpaired) electrons. The standard InChI is InChI=1S/C25H30N4O3/c1-3-32-24(30)22-21(26-25(31)27-23(22)19-11-9-18(2)10-12-19)17-28-13-15-29(16-14-28)20-7-5-4-6-8-20/h4-12,23H,3,13-17H2,1-2H3,(H2,26,27,31)/t23-/m0/s1. The van der Waals surface area contributed by atoms with Crippen molar-refractivity contribution < 1.29 is 14.3 Å². The van der Waals surface area contributed by atoms with Gasteiger partial charge in [0.05, 0.1) is 18.2 Å². The van der Waals surface area contributed by atoms with Crippen LogP contribution in [0.2, 0.25) is 0 Å². The number of anilines is 1. The van der Waals surface area contributed by atoms with Crippen molar-refractivity contribution in [2.75, 3.05) is 44.2 Å². The normalized spacial score (nSPS) is 19.4. The van der Waals surface area contributed by atoms with Crippen molar-refractivity contribution in [2.24, 2.45) is 0 Å². The van der Waals surface area contributed by atoms with E-state index in [0.717, 1.165) is 37.3 Å². The molecule has 1 saturated heterocycles. The number of aryl methyl sites for hydroxylation is 1. The summed E-state index contributed by atoms with van der Waals surface area (Å²) in [7, 11) is 0. The van der Waals surface area contributed by atoms with E-state index in [1.165, 1.54) is 5.69 Å². The van der Waals surface area contributed by atoms with Gasteiger partial charge >= 0.3 is 12.0 Å². The number of hydrogen-bond donors (Lipinski definition) is 2. The van der Waals surface area contributed by atoms with Gasteiger partial charge in [-0.15, -0.1) is 0 Å². The van der Waals surface area contributed by atoms with Crippen molar-refractivity contribution in [2.45, 2.75) is 19.9 Å². The summed E-state index contributed by atoms with van der Waals surface area (Å²) in [6.45, 7) is 8.02. The second kappa shape index (κ2) is 9.87. The summed E-state index contributed by atoms with van der Waals surface area (Å²) >= 11 is 0. The topological polar surface area (TPSA) is 73.9 Å². The minimum Gasteiger partial charge on any atom is -0.463 e. The van der Waals surface area contributed by atoms with E-state index in [0.29, 0.717) is 17.8 Å². The molecule has 4 rings (SSSR count). The molecule has 7 heteroatoms. The van der Waals surface area contributed by atoms with Crippen LogP contribution in [0, 0.1) is 6.92 Å². The van der Waals surface area contributed by atoms with Gasteiger partial charge in [0.25, 0.3) is 0 Å². The molecule has 32 heavy (non-hydrogen) atoms. The van der Waals surface area contributed by atoms with Crippen molar-refractivity contribution in [3.05, 3.63) is 77.0 Å². The van der Waals surface area contributed by atoms with Crippen LogP contribution in [0.4, 0.5) is 10.5 Å². The molecule has 2 aliphatic rings. The Bertz CT molecular complexity index is 980. The second-order valence-electron chi connectivity index (χ2n) is 8.15. The van der Waals surface area contributed by atoms with Crippen molar-refractivity contribution in [3.8, 4) is 0 Å². The molecule has 2 amide bonds. The van der Waals surface area contributed by atoms with E-state index in [-0.39, 0.29) is 12.6 Å². The molecular weight excluding hydrogens is 404 g/mol. The van der Waals surface area contributed by atoms with E-state index in [4.69, 9.17) is 4.74 Å². The van der Waals surface area contributed by atoms with Gasteiger partial charge in [0.1, 0.15) is 0 Å². The van der Waals surface area contributed by atoms with Crippen LogP contribution < -0.4 is 15.5 Å². The Balaban J connectivity index is 1.56. The van der Waals surface area contributed by atoms with Gasteiger partial charge in [-0.1, -0.05) is 48.0 Å². The number of nitrogens with one attached hydrogen (secondary N) is 2. The molecule has 0 saturated carbocycles. The zero-order chi connectivity index (χ0) is 22.5. The predicted molar refractivity (Wildman–Crippen MR) is 124 cm³/mol. The summed E-state index contributed by atoms with van der Waals surface area (Å²) in [6, 6.07) is 17.4. The maximum absolute atomic E-state index is 12.9. The fourth-order valence-corrected chi connectivity index (χ4v) is 4.23. The lowest BCUT2D eigenvalue weighted by Crippen LogP contribution is -2.51. The van der Waals surface area contributed by atoms with Crippen LogP contribution in [0.1, 0.15) is 24.1 Å². The highest BCUT2D eigenvalue weighted by Crippen LogP contribution is 2.29. The molecule has 1 atom stereocenters. The number of ether oxygens (including phenoxy) is 1. The van der Waals surface area contributed by atoms with Crippen LogP contribution in [-0.2, 0) is 9.53 Å². The van der Waals surface area contributed by atoms with Crippen molar-refractivity contribution in [3.63, 3.8) is 0 Å². The molecule has 168 valence electrons. The summed E-state index contributed by atoms with van der Waals surface area (Å²) in [5.74, 6) is -0.400. The zero-order valence-corrected chi connectivity index (χ0v) is 18.6. The number of esters is 1. The number of piperazine rings is 1. The average molecular weight is 435 g/mol. The van der Waals surface area contributed by atoms with Crippen LogP contribution >= 0.6 is 0 Å². The monoisotopic (exact) mass is 434 g/mol. The molecule has 2 heterocycles. The summed E-state index contributed by atoms with van der Waals surface area (Å²) in [4.78, 5) is 30.1. The Labute approximate surface area is 189 Å². The summed E-state index contributed by atoms with van der Waals surface area (Å²) in [6.07, 6.45) is 0. The molecule has 0 spiro atoms. The molecule has 2 aromatic rings. The Morgan fingerprint density at radius 2 is 1.72 bits per heavy atom. The number of urea groups is 1. The van der Waals surface area contributed by atoms with Crippen LogP contribution in [0.5, 0.6) is 0 Å². The third-order valence-corrected chi connectivity index (χ3v) is 5.94. The Hall–Kier alpha value is -3.32. The highest BCUT2D eigenvalue weighted by atomic mass is 16.5. The maximum atomic E-state index is 12.9. The molecule has 2 aromatic carbocycles. The first kappa shape index (κ1) is 21.9. The largest absolute Gasteiger partial charge is 0.463 e. The molecular formula is C25H30N4O3. The molecule has 0 bridgehead atoms. The summed E-state index contributed by atoms with van der Waals surface area (Å²) < 4.78 is 5.37. The van der Waals surface area contributed by atoms with E-state index in [1.54, 1.807) is 6.92 Å². The first-order chi connectivity index (χ1) is 15.5. The van der Waals surface area contributed by atoms with Gasteiger partial charge in [0.15, 0.2) is 0 Å². The van der Waals surface area contributed by atoms with Gasteiger partial charge < -0.3 is 20.3 Å². The number of para-hydroxylation sites is 1. The molecule has 0 aromatic heterocycles. The van der Waals surface area contributed by atoms with E-state index in [9.17, 15) is 9.59 Å². The summed E-state index contributed by atoms with van der Waals surface area (Å²) in [5.41, 5.74) is 4.28. The third-order valence-electron chi connectivity index (χ3n) is 5.94. The Kier molecular flexibility index (Phi) is 6.75. The quantitative estimate of drug-likeness (QED) is 0.684. The third kappa shape index (κ3) is 4.94. The van der Waals surface area contributed by atoms with Gasteiger partial charge in [-0.2, -0.15) is 0 Å². The van der Waals surface area contributed by atoms with Gasteiger partial charge in [-0.3, -0.25) is 4.90 Å².